The highest BCUT2D eigenvalue weighted by molar-refractivity contribution is 5.79. The Balaban J connectivity index is 1.42. The zero-order valence-corrected chi connectivity index (χ0v) is 15.6. The Kier molecular flexibility index (Phi) is 6.17. The van der Waals surface area contributed by atoms with Gasteiger partial charge in [-0.15, -0.1) is 0 Å². The smallest absolute Gasteiger partial charge is 0.224 e. The van der Waals surface area contributed by atoms with Crippen LogP contribution in [0.3, 0.4) is 0 Å². The van der Waals surface area contributed by atoms with E-state index < -0.39 is 0 Å². The molecule has 0 unspecified atom stereocenters. The number of anilines is 1. The van der Waals surface area contributed by atoms with Crippen molar-refractivity contribution in [2.45, 2.75) is 19.4 Å². The van der Waals surface area contributed by atoms with Gasteiger partial charge >= 0.3 is 0 Å². The average molecular weight is 353 g/mol. The van der Waals surface area contributed by atoms with Crippen molar-refractivity contribution in [2.75, 3.05) is 38.6 Å². The molecule has 1 atom stereocenters. The Morgan fingerprint density at radius 1 is 1.19 bits per heavy atom. The van der Waals surface area contributed by atoms with Crippen LogP contribution in [0.15, 0.2) is 42.7 Å². The Morgan fingerprint density at radius 3 is 2.62 bits per heavy atom. The topological polar surface area (TPSA) is 61.4 Å². The van der Waals surface area contributed by atoms with E-state index in [0.717, 1.165) is 38.0 Å². The largest absolute Gasteiger partial charge is 0.355 e. The van der Waals surface area contributed by atoms with Gasteiger partial charge in [0.1, 0.15) is 0 Å². The van der Waals surface area contributed by atoms with Crippen molar-refractivity contribution in [3.05, 3.63) is 53.9 Å². The highest BCUT2D eigenvalue weighted by Crippen LogP contribution is 2.19. The van der Waals surface area contributed by atoms with Crippen molar-refractivity contribution >= 4 is 11.9 Å². The molecule has 6 heteroatoms. The molecule has 1 aliphatic rings. The lowest BCUT2D eigenvalue weighted by Gasteiger charge is -2.16. The number of rotatable bonds is 7. The first kappa shape index (κ1) is 18.3. The van der Waals surface area contributed by atoms with Crippen molar-refractivity contribution in [3.8, 4) is 0 Å². The molecule has 1 saturated heterocycles. The zero-order chi connectivity index (χ0) is 18.4. The molecule has 0 bridgehead atoms. The van der Waals surface area contributed by atoms with Crippen LogP contribution in [-0.2, 0) is 17.8 Å². The molecule has 6 nitrogen and oxygen atoms in total. The lowest BCUT2D eigenvalue weighted by atomic mass is 10.1. The third kappa shape index (κ3) is 5.02. The number of nitrogens with one attached hydrogen (secondary N) is 1. The molecule has 1 amide bonds. The van der Waals surface area contributed by atoms with Gasteiger partial charge in [0.25, 0.3) is 0 Å². The van der Waals surface area contributed by atoms with Crippen molar-refractivity contribution in [2.24, 2.45) is 5.92 Å². The number of likely N-dealkylation sites (tertiary alicyclic amines) is 1. The summed E-state index contributed by atoms with van der Waals surface area (Å²) in [6.07, 6.45) is 5.53. The number of hydrogen-bond donors (Lipinski definition) is 1. The van der Waals surface area contributed by atoms with E-state index in [1.165, 1.54) is 5.56 Å². The van der Waals surface area contributed by atoms with E-state index in [1.54, 1.807) is 0 Å². The molecule has 26 heavy (non-hydrogen) atoms. The van der Waals surface area contributed by atoms with Gasteiger partial charge in [0.05, 0.1) is 5.92 Å². The first-order valence-electron chi connectivity index (χ1n) is 9.14. The van der Waals surface area contributed by atoms with Crippen LogP contribution < -0.4 is 10.2 Å². The summed E-state index contributed by atoms with van der Waals surface area (Å²) in [5, 5.41) is 3.08. The maximum absolute atomic E-state index is 12.4. The number of hydrogen-bond acceptors (Lipinski definition) is 5. The molecule has 1 aromatic heterocycles. The second-order valence-corrected chi connectivity index (χ2v) is 7.03. The summed E-state index contributed by atoms with van der Waals surface area (Å²) in [6, 6.07) is 10.2. The fraction of sp³-hybridized carbons (Fsp3) is 0.450. The van der Waals surface area contributed by atoms with Crippen molar-refractivity contribution in [1.29, 1.82) is 0 Å². The molecule has 0 radical (unpaired) electrons. The summed E-state index contributed by atoms with van der Waals surface area (Å²) in [6.45, 7) is 3.22. The van der Waals surface area contributed by atoms with E-state index in [0.29, 0.717) is 12.5 Å². The second-order valence-electron chi connectivity index (χ2n) is 7.03. The monoisotopic (exact) mass is 353 g/mol. The van der Waals surface area contributed by atoms with Gasteiger partial charge in [0.15, 0.2) is 0 Å². The third-order valence-electron chi connectivity index (χ3n) is 4.70. The Hall–Kier alpha value is -2.47. The molecule has 1 N–H and O–H groups in total. The van der Waals surface area contributed by atoms with Gasteiger partial charge in [0.2, 0.25) is 11.9 Å². The normalized spacial score (nSPS) is 17.2. The Labute approximate surface area is 155 Å². The van der Waals surface area contributed by atoms with E-state index in [9.17, 15) is 4.79 Å². The van der Waals surface area contributed by atoms with Gasteiger partial charge < -0.3 is 10.2 Å². The maximum atomic E-state index is 12.4. The van der Waals surface area contributed by atoms with E-state index in [2.05, 4.69) is 32.3 Å². The minimum atomic E-state index is 0.0766. The number of carbonyl (C=O) groups is 1. The Morgan fingerprint density at radius 2 is 1.92 bits per heavy atom. The van der Waals surface area contributed by atoms with Crippen LogP contribution in [0.25, 0.3) is 0 Å². The van der Waals surface area contributed by atoms with Gasteiger partial charge in [-0.3, -0.25) is 9.69 Å². The molecule has 1 aliphatic heterocycles. The quantitative estimate of drug-likeness (QED) is 0.821. The van der Waals surface area contributed by atoms with Gasteiger partial charge in [0, 0.05) is 51.7 Å². The lowest BCUT2D eigenvalue weighted by molar-refractivity contribution is -0.124. The molecular formula is C20H27N5O. The highest BCUT2D eigenvalue weighted by Gasteiger charge is 2.28. The molecule has 1 fully saturated rings. The molecule has 0 spiro atoms. The summed E-state index contributed by atoms with van der Waals surface area (Å²) in [5.74, 6) is 0.959. The lowest BCUT2D eigenvalue weighted by Crippen LogP contribution is -2.34. The predicted molar refractivity (Wildman–Crippen MR) is 103 cm³/mol. The SMILES string of the molecule is CN(C)c1ncc(CN2CC[C@H](C(=O)NCCc3ccccc3)C2)cn1. The maximum Gasteiger partial charge on any atom is 0.224 e. The van der Waals surface area contributed by atoms with Crippen molar-refractivity contribution in [1.82, 2.24) is 20.2 Å². The van der Waals surface area contributed by atoms with Crippen LogP contribution in [0, 0.1) is 5.92 Å². The van der Waals surface area contributed by atoms with Crippen molar-refractivity contribution < 1.29 is 4.79 Å². The predicted octanol–water partition coefficient (Wildman–Crippen LogP) is 1.72. The minimum absolute atomic E-state index is 0.0766. The van der Waals surface area contributed by atoms with Crippen LogP contribution in [0.5, 0.6) is 0 Å². The van der Waals surface area contributed by atoms with Crippen LogP contribution in [-0.4, -0.2) is 54.5 Å². The summed E-state index contributed by atoms with van der Waals surface area (Å²) < 4.78 is 0. The van der Waals surface area contributed by atoms with E-state index >= 15 is 0 Å². The number of carbonyl (C=O) groups excluding carboxylic acids is 1. The molecule has 1 aromatic carbocycles. The molecule has 3 rings (SSSR count). The first-order valence-corrected chi connectivity index (χ1v) is 9.14. The zero-order valence-electron chi connectivity index (χ0n) is 15.6. The molecule has 0 aliphatic carbocycles. The minimum Gasteiger partial charge on any atom is -0.355 e. The summed E-state index contributed by atoms with van der Waals surface area (Å²) >= 11 is 0. The van der Waals surface area contributed by atoms with Gasteiger partial charge in [-0.05, 0) is 24.9 Å². The molecule has 2 heterocycles. The summed E-state index contributed by atoms with van der Waals surface area (Å²) in [4.78, 5) is 25.3. The Bertz CT molecular complexity index is 702. The third-order valence-corrected chi connectivity index (χ3v) is 4.70. The highest BCUT2D eigenvalue weighted by atomic mass is 16.1. The summed E-state index contributed by atoms with van der Waals surface area (Å²) in [7, 11) is 3.85. The van der Waals surface area contributed by atoms with Gasteiger partial charge in [-0.2, -0.15) is 0 Å². The number of aromatic nitrogens is 2. The molecular weight excluding hydrogens is 326 g/mol. The number of benzene rings is 1. The second kappa shape index (κ2) is 8.76. The molecule has 2 aromatic rings. The van der Waals surface area contributed by atoms with Gasteiger partial charge in [-0.1, -0.05) is 30.3 Å². The molecule has 138 valence electrons. The van der Waals surface area contributed by atoms with Crippen LogP contribution in [0.1, 0.15) is 17.5 Å². The summed E-state index contributed by atoms with van der Waals surface area (Å²) in [5.41, 5.74) is 2.34. The first-order chi connectivity index (χ1) is 12.6. The standard InChI is InChI=1S/C20H27N5O/c1-24(2)20-22-12-17(13-23-20)14-25-11-9-18(15-25)19(26)21-10-8-16-6-4-3-5-7-16/h3-7,12-13,18H,8-11,14-15H2,1-2H3,(H,21,26)/t18-/m0/s1. The van der Waals surface area contributed by atoms with Gasteiger partial charge in [-0.25, -0.2) is 9.97 Å². The fourth-order valence-electron chi connectivity index (χ4n) is 3.23. The van der Waals surface area contributed by atoms with E-state index in [-0.39, 0.29) is 11.8 Å². The van der Waals surface area contributed by atoms with E-state index in [1.807, 2.05) is 49.6 Å². The average Bonchev–Trinajstić information content (AvgIpc) is 3.11. The van der Waals surface area contributed by atoms with Crippen LogP contribution in [0.2, 0.25) is 0 Å². The van der Waals surface area contributed by atoms with Crippen LogP contribution in [0.4, 0.5) is 5.95 Å². The number of nitrogens with zero attached hydrogens (tertiary/aromatic N) is 4. The fourth-order valence-corrected chi connectivity index (χ4v) is 3.23. The molecule has 0 saturated carbocycles. The van der Waals surface area contributed by atoms with Crippen LogP contribution >= 0.6 is 0 Å². The number of amides is 1. The van der Waals surface area contributed by atoms with Crippen molar-refractivity contribution in [3.63, 3.8) is 0 Å². The van der Waals surface area contributed by atoms with E-state index in [4.69, 9.17) is 0 Å².